The molecule has 0 spiro atoms. The molecular formula is C42H43Cl4F3N6O2. The van der Waals surface area contributed by atoms with Gasteiger partial charge in [0.2, 0.25) is 0 Å². The van der Waals surface area contributed by atoms with E-state index < -0.39 is 11.7 Å². The quantitative estimate of drug-likeness (QED) is 0.117. The lowest BCUT2D eigenvalue weighted by Crippen LogP contribution is -2.08. The van der Waals surface area contributed by atoms with Crippen LogP contribution in [0.25, 0.3) is 0 Å². The molecule has 0 aliphatic rings. The van der Waals surface area contributed by atoms with Crippen LogP contribution in [0.15, 0.2) is 110 Å². The number of halogens is 7. The third-order valence-corrected chi connectivity index (χ3v) is 9.19. The first-order valence-electron chi connectivity index (χ1n) is 17.8. The van der Waals surface area contributed by atoms with Crippen molar-refractivity contribution in [2.24, 2.45) is 5.73 Å². The Hall–Kier alpha value is -4.65. The summed E-state index contributed by atoms with van der Waals surface area (Å²) in [6.45, 7) is 7.32. The van der Waals surface area contributed by atoms with Crippen LogP contribution in [0, 0.1) is 6.92 Å². The number of hydrogen-bond acceptors (Lipinski definition) is 8. The summed E-state index contributed by atoms with van der Waals surface area (Å²) < 4.78 is 49.1. The highest BCUT2D eigenvalue weighted by Crippen LogP contribution is 2.31. The fourth-order valence-corrected chi connectivity index (χ4v) is 5.62. The predicted octanol–water partition coefficient (Wildman–Crippen LogP) is 12.2. The first-order chi connectivity index (χ1) is 26.9. The summed E-state index contributed by atoms with van der Waals surface area (Å²) in [7, 11) is 0. The van der Waals surface area contributed by atoms with Gasteiger partial charge in [0, 0.05) is 6.54 Å². The maximum Gasteiger partial charge on any atom is 0.416 e. The van der Waals surface area contributed by atoms with E-state index in [9.17, 15) is 13.2 Å². The third kappa shape index (κ3) is 15.3. The van der Waals surface area contributed by atoms with Crippen molar-refractivity contribution in [1.29, 1.82) is 0 Å². The highest BCUT2D eigenvalue weighted by molar-refractivity contribution is 6.41. The van der Waals surface area contributed by atoms with Gasteiger partial charge in [0.05, 0.1) is 22.0 Å². The van der Waals surface area contributed by atoms with Crippen molar-refractivity contribution >= 4 is 53.0 Å². The molecule has 57 heavy (non-hydrogen) atoms. The summed E-state index contributed by atoms with van der Waals surface area (Å²) in [5.41, 5.74) is 9.93. The van der Waals surface area contributed by atoms with Crippen LogP contribution in [0.5, 0.6) is 23.0 Å². The highest BCUT2D eigenvalue weighted by Gasteiger charge is 2.30. The van der Waals surface area contributed by atoms with Gasteiger partial charge in [-0.25, -0.2) is 19.9 Å². The molecule has 0 fully saturated rings. The second-order valence-electron chi connectivity index (χ2n) is 12.2. The van der Waals surface area contributed by atoms with Gasteiger partial charge in [-0.2, -0.15) is 13.2 Å². The van der Waals surface area contributed by atoms with Gasteiger partial charge in [-0.3, -0.25) is 0 Å². The normalized spacial score (nSPS) is 10.6. The van der Waals surface area contributed by atoms with Crippen LogP contribution in [-0.4, -0.2) is 33.0 Å². The van der Waals surface area contributed by atoms with Crippen molar-refractivity contribution in [3.63, 3.8) is 0 Å². The molecule has 0 saturated carbocycles. The van der Waals surface area contributed by atoms with E-state index in [2.05, 4.69) is 44.3 Å². The SMILES string of the molecule is CCc1ncnc(Cl)c1Cl.CCc1ncnc(NCCc2ccc(Oc3ccc(C(F)(F)F)cc3)cc2)c1Cl.Cc1ccc(Oc2ccc(CCN)cc2)cc1.Cl. The van der Waals surface area contributed by atoms with Crippen molar-refractivity contribution in [3.8, 4) is 23.0 Å². The largest absolute Gasteiger partial charge is 0.457 e. The van der Waals surface area contributed by atoms with Gasteiger partial charge in [-0.1, -0.05) is 90.6 Å². The monoisotopic (exact) mass is 860 g/mol. The molecular weight excluding hydrogens is 819 g/mol. The minimum absolute atomic E-state index is 0. The van der Waals surface area contributed by atoms with Crippen LogP contribution >= 0.6 is 47.2 Å². The number of anilines is 1. The second-order valence-corrected chi connectivity index (χ2v) is 13.3. The lowest BCUT2D eigenvalue weighted by atomic mass is 10.1. The molecule has 2 aromatic heterocycles. The number of hydrogen-bond donors (Lipinski definition) is 2. The average Bonchev–Trinajstić information content (AvgIpc) is 3.19. The Morgan fingerprint density at radius 2 is 1.05 bits per heavy atom. The Morgan fingerprint density at radius 3 is 1.51 bits per heavy atom. The van der Waals surface area contributed by atoms with E-state index >= 15 is 0 Å². The highest BCUT2D eigenvalue weighted by atomic mass is 35.5. The average molecular weight is 863 g/mol. The Morgan fingerprint density at radius 1 is 0.614 bits per heavy atom. The Kier molecular flexibility index (Phi) is 19.3. The molecule has 302 valence electrons. The molecule has 0 atom stereocenters. The lowest BCUT2D eigenvalue weighted by molar-refractivity contribution is -0.137. The Bertz CT molecular complexity index is 2090. The molecule has 3 N–H and O–H groups in total. The molecule has 4 aromatic carbocycles. The molecule has 0 aliphatic carbocycles. The van der Waals surface area contributed by atoms with Crippen LogP contribution in [0.2, 0.25) is 15.2 Å². The van der Waals surface area contributed by atoms with E-state index in [0.717, 1.165) is 66.3 Å². The molecule has 0 unspecified atom stereocenters. The first-order valence-corrected chi connectivity index (χ1v) is 18.9. The molecule has 0 bridgehead atoms. The summed E-state index contributed by atoms with van der Waals surface area (Å²) in [6, 6.07) is 28.0. The van der Waals surface area contributed by atoms with E-state index in [1.807, 2.05) is 62.4 Å². The van der Waals surface area contributed by atoms with Crippen molar-refractivity contribution < 1.29 is 22.6 Å². The standard InChI is InChI=1S/C21H19ClF3N3O.C15H17NO.C6H6Cl2N2.ClH/c1-2-18-19(22)20(28-13-27-18)26-12-11-14-3-7-16(8-4-14)29-17-9-5-15(6-10-17)21(23,24)25;1-12-2-6-14(7-3-12)17-15-8-4-13(5-9-15)10-11-16;1-2-4-5(7)6(8)10-3-9-4;/h3-10,13H,2,11-12H2,1H3,(H,26,27,28);2-9H,10-11,16H2,1H3;3H,2H2,1H3;1H. The van der Waals surface area contributed by atoms with Crippen LogP contribution < -0.4 is 20.5 Å². The van der Waals surface area contributed by atoms with Gasteiger partial charge in [-0.05, 0) is 111 Å². The Balaban J connectivity index is 0.000000261. The van der Waals surface area contributed by atoms with Crippen LogP contribution in [0.4, 0.5) is 19.0 Å². The summed E-state index contributed by atoms with van der Waals surface area (Å²) in [5, 5.41) is 4.53. The van der Waals surface area contributed by atoms with Gasteiger partial charge >= 0.3 is 6.18 Å². The van der Waals surface area contributed by atoms with E-state index in [1.165, 1.54) is 35.9 Å². The molecule has 15 heteroatoms. The molecule has 0 saturated heterocycles. The minimum Gasteiger partial charge on any atom is -0.457 e. The van der Waals surface area contributed by atoms with Crippen molar-refractivity contribution in [2.75, 3.05) is 18.4 Å². The Labute approximate surface area is 352 Å². The van der Waals surface area contributed by atoms with Gasteiger partial charge in [0.25, 0.3) is 0 Å². The van der Waals surface area contributed by atoms with E-state index in [1.54, 1.807) is 12.1 Å². The molecule has 0 radical (unpaired) electrons. The fourth-order valence-electron chi connectivity index (χ4n) is 4.93. The molecule has 0 amide bonds. The minimum atomic E-state index is -4.36. The van der Waals surface area contributed by atoms with Crippen molar-refractivity contribution in [2.45, 2.75) is 52.6 Å². The molecule has 8 nitrogen and oxygen atoms in total. The number of benzene rings is 4. The zero-order valence-electron chi connectivity index (χ0n) is 31.5. The van der Waals surface area contributed by atoms with Gasteiger partial charge in [-0.15, -0.1) is 12.4 Å². The summed E-state index contributed by atoms with van der Waals surface area (Å²) in [4.78, 5) is 15.9. The van der Waals surface area contributed by atoms with Crippen LogP contribution in [0.1, 0.15) is 47.5 Å². The number of aryl methyl sites for hydroxylation is 3. The summed E-state index contributed by atoms with van der Waals surface area (Å²) in [5.74, 6) is 3.23. The van der Waals surface area contributed by atoms with E-state index in [-0.39, 0.29) is 12.4 Å². The topological polar surface area (TPSA) is 108 Å². The number of ether oxygens (including phenoxy) is 2. The number of nitrogens with one attached hydrogen (secondary N) is 1. The first kappa shape index (κ1) is 46.7. The zero-order valence-corrected chi connectivity index (χ0v) is 34.6. The number of aromatic nitrogens is 4. The van der Waals surface area contributed by atoms with Crippen LogP contribution in [-0.2, 0) is 31.9 Å². The fraction of sp³-hybridized carbons (Fsp3) is 0.238. The zero-order chi connectivity index (χ0) is 40.5. The van der Waals surface area contributed by atoms with Crippen molar-refractivity contribution in [1.82, 2.24) is 19.9 Å². The lowest BCUT2D eigenvalue weighted by Gasteiger charge is -2.10. The molecule has 0 aliphatic heterocycles. The van der Waals surface area contributed by atoms with Gasteiger partial charge < -0.3 is 20.5 Å². The number of alkyl halides is 3. The molecule has 6 rings (SSSR count). The van der Waals surface area contributed by atoms with E-state index in [0.29, 0.717) is 45.6 Å². The summed E-state index contributed by atoms with van der Waals surface area (Å²) in [6.07, 6.45) is 1.69. The third-order valence-electron chi connectivity index (χ3n) is 8.01. The number of nitrogens with two attached hydrogens (primary N) is 1. The smallest absolute Gasteiger partial charge is 0.416 e. The maximum absolute atomic E-state index is 12.6. The molecule has 6 aromatic rings. The van der Waals surface area contributed by atoms with Crippen LogP contribution in [0.3, 0.4) is 0 Å². The van der Waals surface area contributed by atoms with Crippen molar-refractivity contribution in [3.05, 3.63) is 159 Å². The van der Waals surface area contributed by atoms with E-state index in [4.69, 9.17) is 50.0 Å². The number of rotatable bonds is 12. The van der Waals surface area contributed by atoms with Gasteiger partial charge in [0.15, 0.2) is 5.15 Å². The maximum atomic E-state index is 12.6. The van der Waals surface area contributed by atoms with Gasteiger partial charge in [0.1, 0.15) is 46.5 Å². The number of nitrogens with zero attached hydrogens (tertiary/aromatic N) is 4. The summed E-state index contributed by atoms with van der Waals surface area (Å²) >= 11 is 17.6. The second kappa shape index (κ2) is 23.5. The molecule has 2 heterocycles. The predicted molar refractivity (Wildman–Crippen MR) is 226 cm³/mol.